The molecule has 1 aromatic heterocycles. The first-order chi connectivity index (χ1) is 11.7. The molecule has 1 N–H and O–H groups in total. The van der Waals surface area contributed by atoms with Crippen LogP contribution in [0.2, 0.25) is 0 Å². The van der Waals surface area contributed by atoms with Crippen molar-refractivity contribution in [2.24, 2.45) is 7.05 Å². The number of hydrogen-bond donors (Lipinski definition) is 1. The van der Waals surface area contributed by atoms with Crippen molar-refractivity contribution in [3.05, 3.63) is 60.3 Å². The highest BCUT2D eigenvalue weighted by molar-refractivity contribution is 6.00. The minimum atomic E-state index is -0.450. The van der Waals surface area contributed by atoms with E-state index in [0.29, 0.717) is 13.2 Å². The van der Waals surface area contributed by atoms with Gasteiger partial charge in [-0.2, -0.15) is 0 Å². The third kappa shape index (κ3) is 3.51. The highest BCUT2D eigenvalue weighted by atomic mass is 16.5. The fourth-order valence-electron chi connectivity index (χ4n) is 2.57. The number of anilines is 1. The SMILES string of the molecule is CCOC(=O)Nc1cn(C)c2cc(OCc3ccccc3)ccc12. The molecule has 1 heterocycles. The Morgan fingerprint density at radius 1 is 1.17 bits per heavy atom. The molecule has 5 nitrogen and oxygen atoms in total. The zero-order valence-corrected chi connectivity index (χ0v) is 13.8. The van der Waals surface area contributed by atoms with Crippen LogP contribution in [0.5, 0.6) is 5.75 Å². The maximum atomic E-state index is 11.6. The summed E-state index contributed by atoms with van der Waals surface area (Å²) in [4.78, 5) is 11.6. The molecule has 5 heteroatoms. The van der Waals surface area contributed by atoms with E-state index in [1.165, 1.54) is 0 Å². The monoisotopic (exact) mass is 324 g/mol. The summed E-state index contributed by atoms with van der Waals surface area (Å²) in [5.41, 5.74) is 2.82. The Bertz CT molecular complexity index is 840. The minimum absolute atomic E-state index is 0.341. The molecule has 0 bridgehead atoms. The number of amides is 1. The zero-order chi connectivity index (χ0) is 16.9. The summed E-state index contributed by atoms with van der Waals surface area (Å²) in [6, 6.07) is 15.8. The van der Waals surface area contributed by atoms with E-state index < -0.39 is 6.09 Å². The fourth-order valence-corrected chi connectivity index (χ4v) is 2.57. The van der Waals surface area contributed by atoms with Gasteiger partial charge in [-0.1, -0.05) is 30.3 Å². The Morgan fingerprint density at radius 2 is 1.96 bits per heavy atom. The summed E-state index contributed by atoms with van der Waals surface area (Å²) in [5.74, 6) is 0.787. The molecule has 1 amide bonds. The van der Waals surface area contributed by atoms with Gasteiger partial charge in [0.1, 0.15) is 12.4 Å². The van der Waals surface area contributed by atoms with Crippen molar-refractivity contribution in [2.45, 2.75) is 13.5 Å². The number of carbonyl (C=O) groups is 1. The first-order valence-corrected chi connectivity index (χ1v) is 7.87. The van der Waals surface area contributed by atoms with Crippen LogP contribution in [0.15, 0.2) is 54.7 Å². The first-order valence-electron chi connectivity index (χ1n) is 7.87. The Balaban J connectivity index is 1.78. The van der Waals surface area contributed by atoms with Crippen LogP contribution in [0.4, 0.5) is 10.5 Å². The highest BCUT2D eigenvalue weighted by Gasteiger charge is 2.11. The van der Waals surface area contributed by atoms with Crippen LogP contribution in [0, 0.1) is 0 Å². The van der Waals surface area contributed by atoms with Crippen molar-refractivity contribution >= 4 is 22.7 Å². The Morgan fingerprint density at radius 3 is 2.71 bits per heavy atom. The number of aryl methyl sites for hydroxylation is 1. The van der Waals surface area contributed by atoms with Crippen molar-refractivity contribution in [1.29, 1.82) is 0 Å². The van der Waals surface area contributed by atoms with Gasteiger partial charge in [0.05, 0.1) is 17.8 Å². The van der Waals surface area contributed by atoms with Gasteiger partial charge in [-0.25, -0.2) is 4.79 Å². The predicted octanol–water partition coefficient (Wildman–Crippen LogP) is 4.33. The normalized spacial score (nSPS) is 10.6. The minimum Gasteiger partial charge on any atom is -0.489 e. The molecule has 0 aliphatic carbocycles. The number of hydrogen-bond acceptors (Lipinski definition) is 3. The lowest BCUT2D eigenvalue weighted by atomic mass is 10.2. The third-order valence-corrected chi connectivity index (χ3v) is 3.72. The summed E-state index contributed by atoms with van der Waals surface area (Å²) in [7, 11) is 1.93. The molecule has 0 unspecified atom stereocenters. The van der Waals surface area contributed by atoms with Gasteiger partial charge >= 0.3 is 6.09 Å². The van der Waals surface area contributed by atoms with Crippen molar-refractivity contribution < 1.29 is 14.3 Å². The highest BCUT2D eigenvalue weighted by Crippen LogP contribution is 2.29. The largest absolute Gasteiger partial charge is 0.489 e. The number of nitrogens with zero attached hydrogens (tertiary/aromatic N) is 1. The number of benzene rings is 2. The summed E-state index contributed by atoms with van der Waals surface area (Å²) in [6.45, 7) is 2.64. The number of carbonyl (C=O) groups excluding carboxylic acids is 1. The smallest absolute Gasteiger partial charge is 0.411 e. The van der Waals surface area contributed by atoms with Gasteiger partial charge in [0, 0.05) is 24.7 Å². The second-order valence-corrected chi connectivity index (χ2v) is 5.45. The molecule has 0 saturated carbocycles. The molecule has 3 rings (SSSR count). The fraction of sp³-hybridized carbons (Fsp3) is 0.211. The third-order valence-electron chi connectivity index (χ3n) is 3.72. The van der Waals surface area contributed by atoms with Crippen molar-refractivity contribution in [2.75, 3.05) is 11.9 Å². The molecule has 24 heavy (non-hydrogen) atoms. The van der Waals surface area contributed by atoms with Crippen LogP contribution in [-0.4, -0.2) is 17.3 Å². The molecule has 2 aromatic carbocycles. The average molecular weight is 324 g/mol. The van der Waals surface area contributed by atoms with Gasteiger partial charge in [-0.3, -0.25) is 5.32 Å². The van der Waals surface area contributed by atoms with E-state index in [1.54, 1.807) is 6.92 Å². The van der Waals surface area contributed by atoms with Crippen LogP contribution in [0.25, 0.3) is 10.9 Å². The van der Waals surface area contributed by atoms with Crippen LogP contribution >= 0.6 is 0 Å². The van der Waals surface area contributed by atoms with E-state index in [4.69, 9.17) is 9.47 Å². The summed E-state index contributed by atoms with van der Waals surface area (Å²) in [6.07, 6.45) is 1.41. The van der Waals surface area contributed by atoms with Crippen molar-refractivity contribution in [3.8, 4) is 5.75 Å². The second kappa shape index (κ2) is 7.08. The molecule has 0 aliphatic rings. The van der Waals surface area contributed by atoms with Gasteiger partial charge in [0.25, 0.3) is 0 Å². The topological polar surface area (TPSA) is 52.5 Å². The standard InChI is InChI=1S/C19H20N2O3/c1-3-23-19(22)20-17-12-21(2)18-11-15(9-10-16(17)18)24-13-14-7-5-4-6-8-14/h4-12H,3,13H2,1-2H3,(H,20,22). The molecule has 0 fully saturated rings. The van der Waals surface area contributed by atoms with Gasteiger partial charge in [0.15, 0.2) is 0 Å². The number of fused-ring (bicyclic) bond motifs is 1. The number of nitrogens with one attached hydrogen (secondary N) is 1. The molecule has 0 spiro atoms. The van der Waals surface area contributed by atoms with Crippen molar-refractivity contribution in [3.63, 3.8) is 0 Å². The predicted molar refractivity (Wildman–Crippen MR) is 94.3 cm³/mol. The quantitative estimate of drug-likeness (QED) is 0.760. The van der Waals surface area contributed by atoms with Crippen LogP contribution < -0.4 is 10.1 Å². The summed E-state index contributed by atoms with van der Waals surface area (Å²) < 4.78 is 12.7. The van der Waals surface area contributed by atoms with Gasteiger partial charge in [-0.15, -0.1) is 0 Å². The summed E-state index contributed by atoms with van der Waals surface area (Å²) >= 11 is 0. The van der Waals surface area contributed by atoms with E-state index in [2.05, 4.69) is 5.32 Å². The molecular formula is C19H20N2O3. The Labute approximate surface area is 140 Å². The Hall–Kier alpha value is -2.95. The molecule has 0 aliphatic heterocycles. The molecule has 3 aromatic rings. The van der Waals surface area contributed by atoms with E-state index in [9.17, 15) is 4.79 Å². The number of ether oxygens (including phenoxy) is 2. The lowest BCUT2D eigenvalue weighted by Gasteiger charge is -2.07. The van der Waals surface area contributed by atoms with E-state index in [1.807, 2.05) is 66.3 Å². The van der Waals surface area contributed by atoms with E-state index in [0.717, 1.165) is 27.9 Å². The van der Waals surface area contributed by atoms with E-state index >= 15 is 0 Å². The Kier molecular flexibility index (Phi) is 4.70. The molecular weight excluding hydrogens is 304 g/mol. The lowest BCUT2D eigenvalue weighted by molar-refractivity contribution is 0.168. The molecule has 0 saturated heterocycles. The number of aromatic nitrogens is 1. The average Bonchev–Trinajstić information content (AvgIpc) is 2.89. The van der Waals surface area contributed by atoms with Crippen LogP contribution in [-0.2, 0) is 18.4 Å². The van der Waals surface area contributed by atoms with Gasteiger partial charge in [0.2, 0.25) is 0 Å². The zero-order valence-electron chi connectivity index (χ0n) is 13.8. The van der Waals surface area contributed by atoms with Crippen LogP contribution in [0.1, 0.15) is 12.5 Å². The maximum absolute atomic E-state index is 11.6. The van der Waals surface area contributed by atoms with Gasteiger partial charge in [-0.05, 0) is 24.6 Å². The summed E-state index contributed by atoms with van der Waals surface area (Å²) in [5, 5.41) is 3.70. The van der Waals surface area contributed by atoms with Crippen molar-refractivity contribution in [1.82, 2.24) is 4.57 Å². The second-order valence-electron chi connectivity index (χ2n) is 5.45. The first kappa shape index (κ1) is 15.9. The van der Waals surface area contributed by atoms with E-state index in [-0.39, 0.29) is 0 Å². The lowest BCUT2D eigenvalue weighted by Crippen LogP contribution is -2.12. The molecule has 124 valence electrons. The maximum Gasteiger partial charge on any atom is 0.411 e. The van der Waals surface area contributed by atoms with Crippen LogP contribution in [0.3, 0.4) is 0 Å². The number of rotatable bonds is 5. The molecule has 0 atom stereocenters. The van der Waals surface area contributed by atoms with Gasteiger partial charge < -0.3 is 14.0 Å². The molecule has 0 radical (unpaired) electrons.